The Kier molecular flexibility index (Phi) is 6.33. The van der Waals surface area contributed by atoms with Gasteiger partial charge in [0.25, 0.3) is 5.91 Å². The summed E-state index contributed by atoms with van der Waals surface area (Å²) in [5.41, 5.74) is 1.24. The second-order valence-electron chi connectivity index (χ2n) is 7.59. The van der Waals surface area contributed by atoms with E-state index in [0.717, 1.165) is 19.3 Å². The molecule has 0 atom stereocenters. The quantitative estimate of drug-likeness (QED) is 0.733. The lowest BCUT2D eigenvalue weighted by molar-refractivity contribution is -0.118. The van der Waals surface area contributed by atoms with Crippen molar-refractivity contribution < 1.29 is 27.4 Å². The van der Waals surface area contributed by atoms with Crippen molar-refractivity contribution in [2.75, 3.05) is 38.2 Å². The van der Waals surface area contributed by atoms with Gasteiger partial charge in [-0.3, -0.25) is 4.79 Å². The SMILES string of the molecule is Cc1cc(S(=O)(=O)N2CCCCC2)ccc1OCC(=O)Nc1ccc2c(c1)OCCO2. The number of rotatable bonds is 6. The third kappa shape index (κ3) is 4.94. The number of amides is 1. The van der Waals surface area contributed by atoms with Crippen LogP contribution >= 0.6 is 0 Å². The molecule has 0 spiro atoms. The molecule has 0 aromatic heterocycles. The van der Waals surface area contributed by atoms with Crippen LogP contribution in [0.1, 0.15) is 24.8 Å². The molecule has 8 nitrogen and oxygen atoms in total. The first-order chi connectivity index (χ1) is 14.9. The van der Waals surface area contributed by atoms with Gasteiger partial charge in [0.1, 0.15) is 19.0 Å². The average molecular weight is 447 g/mol. The molecule has 1 amide bonds. The number of carbonyl (C=O) groups excluding carboxylic acids is 1. The first-order valence-electron chi connectivity index (χ1n) is 10.4. The molecule has 2 aliphatic heterocycles. The van der Waals surface area contributed by atoms with Gasteiger partial charge in [-0.2, -0.15) is 4.31 Å². The van der Waals surface area contributed by atoms with E-state index in [1.807, 2.05) is 0 Å². The molecule has 0 bridgehead atoms. The highest BCUT2D eigenvalue weighted by atomic mass is 32.2. The number of hydrogen-bond donors (Lipinski definition) is 1. The van der Waals surface area contributed by atoms with Crippen LogP contribution in [0.25, 0.3) is 0 Å². The van der Waals surface area contributed by atoms with Gasteiger partial charge < -0.3 is 19.5 Å². The molecule has 0 radical (unpaired) electrons. The summed E-state index contributed by atoms with van der Waals surface area (Å²) in [6.07, 6.45) is 2.84. The topological polar surface area (TPSA) is 94.2 Å². The summed E-state index contributed by atoms with van der Waals surface area (Å²) in [5.74, 6) is 1.37. The number of hydrogen-bond acceptors (Lipinski definition) is 6. The van der Waals surface area contributed by atoms with E-state index in [1.165, 1.54) is 10.4 Å². The van der Waals surface area contributed by atoms with Crippen molar-refractivity contribution in [3.63, 3.8) is 0 Å². The Morgan fingerprint density at radius 3 is 2.52 bits per heavy atom. The van der Waals surface area contributed by atoms with E-state index in [0.29, 0.717) is 54.8 Å². The fourth-order valence-electron chi connectivity index (χ4n) is 3.66. The number of benzene rings is 2. The molecule has 166 valence electrons. The van der Waals surface area contributed by atoms with Crippen LogP contribution in [-0.2, 0) is 14.8 Å². The Hall–Kier alpha value is -2.78. The maximum Gasteiger partial charge on any atom is 0.262 e. The Balaban J connectivity index is 1.37. The number of aryl methyl sites for hydroxylation is 1. The molecule has 1 N–H and O–H groups in total. The van der Waals surface area contributed by atoms with E-state index in [9.17, 15) is 13.2 Å². The molecule has 2 aliphatic rings. The minimum absolute atomic E-state index is 0.201. The molecule has 2 aromatic rings. The minimum atomic E-state index is -3.50. The molecule has 1 fully saturated rings. The first kappa shape index (κ1) is 21.5. The number of anilines is 1. The third-order valence-electron chi connectivity index (χ3n) is 5.28. The standard InChI is InChI=1S/C22H26N2O6S/c1-16-13-18(31(26,27)24-9-3-2-4-10-24)6-8-19(16)30-15-22(25)23-17-5-7-20-21(14-17)29-12-11-28-20/h5-8,13-14H,2-4,9-12,15H2,1H3,(H,23,25). The van der Waals surface area contributed by atoms with Crippen LogP contribution in [0.4, 0.5) is 5.69 Å². The molecule has 31 heavy (non-hydrogen) atoms. The zero-order valence-corrected chi connectivity index (χ0v) is 18.2. The van der Waals surface area contributed by atoms with E-state index in [1.54, 1.807) is 37.3 Å². The summed E-state index contributed by atoms with van der Waals surface area (Å²) >= 11 is 0. The zero-order valence-electron chi connectivity index (χ0n) is 17.4. The summed E-state index contributed by atoms with van der Waals surface area (Å²) in [6.45, 7) is 3.65. The molecular formula is C22H26N2O6S. The summed E-state index contributed by atoms with van der Waals surface area (Å²) in [6, 6.07) is 9.91. The number of fused-ring (bicyclic) bond motifs is 1. The zero-order chi connectivity index (χ0) is 21.8. The van der Waals surface area contributed by atoms with Crippen LogP contribution in [-0.4, -0.2) is 51.5 Å². The van der Waals surface area contributed by atoms with Crippen molar-refractivity contribution in [1.29, 1.82) is 0 Å². The van der Waals surface area contributed by atoms with Gasteiger partial charge in [-0.05, 0) is 55.7 Å². The fourth-order valence-corrected chi connectivity index (χ4v) is 5.26. The lowest BCUT2D eigenvalue weighted by Crippen LogP contribution is -2.35. The summed E-state index contributed by atoms with van der Waals surface area (Å²) in [4.78, 5) is 12.5. The monoisotopic (exact) mass is 446 g/mol. The minimum Gasteiger partial charge on any atom is -0.486 e. The fraction of sp³-hybridized carbons (Fsp3) is 0.409. The van der Waals surface area contributed by atoms with Gasteiger partial charge >= 0.3 is 0 Å². The summed E-state index contributed by atoms with van der Waals surface area (Å²) in [7, 11) is -3.50. The predicted molar refractivity (Wildman–Crippen MR) is 115 cm³/mol. The Morgan fingerprint density at radius 1 is 1.03 bits per heavy atom. The van der Waals surface area contributed by atoms with E-state index in [-0.39, 0.29) is 17.4 Å². The Bertz CT molecular complexity index is 1060. The highest BCUT2D eigenvalue weighted by Crippen LogP contribution is 2.32. The molecular weight excluding hydrogens is 420 g/mol. The number of sulfonamides is 1. The van der Waals surface area contributed by atoms with Gasteiger partial charge in [-0.25, -0.2) is 8.42 Å². The lowest BCUT2D eigenvalue weighted by atomic mass is 10.2. The van der Waals surface area contributed by atoms with Crippen molar-refractivity contribution in [2.45, 2.75) is 31.1 Å². The largest absolute Gasteiger partial charge is 0.486 e. The highest BCUT2D eigenvalue weighted by Gasteiger charge is 2.26. The molecule has 4 rings (SSSR count). The van der Waals surface area contributed by atoms with Crippen molar-refractivity contribution in [1.82, 2.24) is 4.31 Å². The molecule has 9 heteroatoms. The molecule has 2 heterocycles. The van der Waals surface area contributed by atoms with E-state index in [2.05, 4.69) is 5.32 Å². The van der Waals surface area contributed by atoms with E-state index in [4.69, 9.17) is 14.2 Å². The summed E-state index contributed by atoms with van der Waals surface area (Å²) < 4.78 is 43.8. The van der Waals surface area contributed by atoms with Gasteiger partial charge in [0, 0.05) is 24.8 Å². The molecule has 0 saturated carbocycles. The second-order valence-corrected chi connectivity index (χ2v) is 9.53. The number of carbonyl (C=O) groups is 1. The van der Waals surface area contributed by atoms with Crippen LogP contribution in [0.5, 0.6) is 17.2 Å². The molecule has 2 aromatic carbocycles. The van der Waals surface area contributed by atoms with E-state index < -0.39 is 10.0 Å². The molecule has 0 unspecified atom stereocenters. The van der Waals surface area contributed by atoms with Crippen LogP contribution in [0.2, 0.25) is 0 Å². The van der Waals surface area contributed by atoms with Gasteiger partial charge in [-0.1, -0.05) is 6.42 Å². The lowest BCUT2D eigenvalue weighted by Gasteiger charge is -2.26. The third-order valence-corrected chi connectivity index (χ3v) is 7.18. The maximum absolute atomic E-state index is 12.8. The van der Waals surface area contributed by atoms with Crippen molar-refractivity contribution in [3.8, 4) is 17.2 Å². The van der Waals surface area contributed by atoms with E-state index >= 15 is 0 Å². The smallest absolute Gasteiger partial charge is 0.262 e. The highest BCUT2D eigenvalue weighted by molar-refractivity contribution is 7.89. The van der Waals surface area contributed by atoms with Crippen LogP contribution in [0, 0.1) is 6.92 Å². The second kappa shape index (κ2) is 9.15. The summed E-state index contributed by atoms with van der Waals surface area (Å²) in [5, 5.41) is 2.76. The normalized spacial score (nSPS) is 16.5. The number of nitrogens with zero attached hydrogens (tertiary/aromatic N) is 1. The first-order valence-corrected chi connectivity index (χ1v) is 11.8. The Morgan fingerprint density at radius 2 is 1.77 bits per heavy atom. The number of nitrogens with one attached hydrogen (secondary N) is 1. The number of ether oxygens (including phenoxy) is 3. The van der Waals surface area contributed by atoms with Crippen molar-refractivity contribution in [2.24, 2.45) is 0 Å². The van der Waals surface area contributed by atoms with Crippen LogP contribution in [0.3, 0.4) is 0 Å². The van der Waals surface area contributed by atoms with Crippen molar-refractivity contribution in [3.05, 3.63) is 42.0 Å². The van der Waals surface area contributed by atoms with Crippen LogP contribution in [0.15, 0.2) is 41.3 Å². The molecule has 0 aliphatic carbocycles. The average Bonchev–Trinajstić information content (AvgIpc) is 2.78. The van der Waals surface area contributed by atoms with Gasteiger partial charge in [0.15, 0.2) is 18.1 Å². The van der Waals surface area contributed by atoms with Gasteiger partial charge in [0.05, 0.1) is 4.90 Å². The van der Waals surface area contributed by atoms with Crippen molar-refractivity contribution >= 4 is 21.6 Å². The van der Waals surface area contributed by atoms with Crippen LogP contribution < -0.4 is 19.5 Å². The predicted octanol–water partition coefficient (Wildman–Crippen LogP) is 2.96. The van der Waals surface area contributed by atoms with Gasteiger partial charge in [0.2, 0.25) is 10.0 Å². The molecule has 1 saturated heterocycles. The van der Waals surface area contributed by atoms with Gasteiger partial charge in [-0.15, -0.1) is 0 Å². The number of piperidine rings is 1. The maximum atomic E-state index is 12.8. The Labute approximate surface area is 182 Å².